The first-order valence-corrected chi connectivity index (χ1v) is 10.7. The SMILES string of the molecule is CN=C(NCCc1ccc(NC(=O)OC(C)(C)C)cc1)NCc1cccc2cccnc12. The second-order valence-electron chi connectivity index (χ2n) is 8.42. The zero-order valence-electron chi connectivity index (χ0n) is 19.1. The highest BCUT2D eigenvalue weighted by Gasteiger charge is 2.16. The normalized spacial score (nSPS) is 11.8. The second-order valence-corrected chi connectivity index (χ2v) is 8.42. The number of rotatable bonds is 6. The largest absolute Gasteiger partial charge is 0.444 e. The van der Waals surface area contributed by atoms with Gasteiger partial charge in [-0.05, 0) is 56.5 Å². The summed E-state index contributed by atoms with van der Waals surface area (Å²) in [4.78, 5) is 20.7. The third kappa shape index (κ3) is 6.97. The van der Waals surface area contributed by atoms with Crippen molar-refractivity contribution in [3.63, 3.8) is 0 Å². The Balaban J connectivity index is 1.46. The van der Waals surface area contributed by atoms with E-state index in [9.17, 15) is 4.79 Å². The molecule has 3 N–H and O–H groups in total. The summed E-state index contributed by atoms with van der Waals surface area (Å²) in [5.41, 5.74) is 3.46. The molecule has 0 spiro atoms. The van der Waals surface area contributed by atoms with Crippen LogP contribution in [0, 0.1) is 0 Å². The van der Waals surface area contributed by atoms with Crippen molar-refractivity contribution in [1.82, 2.24) is 15.6 Å². The predicted octanol–water partition coefficient (Wildman–Crippen LogP) is 4.49. The highest BCUT2D eigenvalue weighted by Crippen LogP contribution is 2.16. The Bertz CT molecular complexity index is 1070. The van der Waals surface area contributed by atoms with E-state index in [1.807, 2.05) is 63.4 Å². The van der Waals surface area contributed by atoms with E-state index in [0.29, 0.717) is 12.2 Å². The molecule has 0 radical (unpaired) electrons. The fourth-order valence-corrected chi connectivity index (χ4v) is 3.21. The number of pyridine rings is 1. The number of para-hydroxylation sites is 1. The molecule has 1 heterocycles. The Morgan fingerprint density at radius 2 is 1.78 bits per heavy atom. The smallest absolute Gasteiger partial charge is 0.412 e. The van der Waals surface area contributed by atoms with Gasteiger partial charge in [-0.2, -0.15) is 0 Å². The van der Waals surface area contributed by atoms with E-state index in [-0.39, 0.29) is 0 Å². The summed E-state index contributed by atoms with van der Waals surface area (Å²) in [7, 11) is 1.76. The summed E-state index contributed by atoms with van der Waals surface area (Å²) in [6.07, 6.45) is 2.18. The second kappa shape index (κ2) is 10.6. The van der Waals surface area contributed by atoms with Crippen LogP contribution in [0.3, 0.4) is 0 Å². The van der Waals surface area contributed by atoms with Gasteiger partial charge in [-0.1, -0.05) is 36.4 Å². The molecule has 7 nitrogen and oxygen atoms in total. The van der Waals surface area contributed by atoms with Crippen molar-refractivity contribution in [2.75, 3.05) is 18.9 Å². The Kier molecular flexibility index (Phi) is 7.65. The number of hydrogen-bond acceptors (Lipinski definition) is 4. The third-order valence-electron chi connectivity index (χ3n) is 4.69. The summed E-state index contributed by atoms with van der Waals surface area (Å²) >= 11 is 0. The van der Waals surface area contributed by atoms with E-state index >= 15 is 0 Å². The van der Waals surface area contributed by atoms with Crippen LogP contribution >= 0.6 is 0 Å². The number of guanidine groups is 1. The van der Waals surface area contributed by atoms with Crippen molar-refractivity contribution in [2.45, 2.75) is 39.3 Å². The molecule has 168 valence electrons. The predicted molar refractivity (Wildman–Crippen MR) is 130 cm³/mol. The summed E-state index contributed by atoms with van der Waals surface area (Å²) in [5, 5.41) is 10.6. The molecule has 0 aliphatic heterocycles. The van der Waals surface area contributed by atoms with Crippen molar-refractivity contribution in [1.29, 1.82) is 0 Å². The highest BCUT2D eigenvalue weighted by atomic mass is 16.6. The summed E-state index contributed by atoms with van der Waals surface area (Å²) < 4.78 is 5.27. The molecule has 0 aliphatic carbocycles. The van der Waals surface area contributed by atoms with Crippen LogP contribution in [0.4, 0.5) is 10.5 Å². The van der Waals surface area contributed by atoms with Gasteiger partial charge in [0.2, 0.25) is 0 Å². The number of carbonyl (C=O) groups excluding carboxylic acids is 1. The van der Waals surface area contributed by atoms with Crippen molar-refractivity contribution < 1.29 is 9.53 Å². The van der Waals surface area contributed by atoms with E-state index in [2.05, 4.69) is 44.1 Å². The number of ether oxygens (including phenoxy) is 1. The van der Waals surface area contributed by atoms with Gasteiger partial charge in [0, 0.05) is 37.4 Å². The van der Waals surface area contributed by atoms with Crippen LogP contribution in [-0.4, -0.2) is 36.2 Å². The fraction of sp³-hybridized carbons (Fsp3) is 0.320. The number of amides is 1. The van der Waals surface area contributed by atoms with Crippen LogP contribution in [0.2, 0.25) is 0 Å². The van der Waals surface area contributed by atoms with Gasteiger partial charge < -0.3 is 15.4 Å². The minimum atomic E-state index is -0.521. The molecule has 0 saturated heterocycles. The molecule has 32 heavy (non-hydrogen) atoms. The molecule has 7 heteroatoms. The van der Waals surface area contributed by atoms with Crippen molar-refractivity contribution in [3.05, 3.63) is 71.9 Å². The fourth-order valence-electron chi connectivity index (χ4n) is 3.21. The standard InChI is InChI=1S/C25H31N5O2/c1-25(2,3)32-24(31)30-21-12-10-18(11-13-21)14-16-28-23(26-4)29-17-20-8-5-7-19-9-6-15-27-22(19)20/h5-13,15H,14,16-17H2,1-4H3,(H,30,31)(H2,26,28,29). The Morgan fingerprint density at radius 1 is 1.03 bits per heavy atom. The number of aliphatic imine (C=N–C) groups is 1. The van der Waals surface area contributed by atoms with Crippen LogP contribution in [0.25, 0.3) is 10.9 Å². The molecule has 0 fully saturated rings. The maximum Gasteiger partial charge on any atom is 0.412 e. The van der Waals surface area contributed by atoms with Gasteiger partial charge in [0.25, 0.3) is 0 Å². The number of nitrogens with zero attached hydrogens (tertiary/aromatic N) is 2. The zero-order valence-corrected chi connectivity index (χ0v) is 19.1. The molecule has 1 aromatic heterocycles. The van der Waals surface area contributed by atoms with Crippen molar-refractivity contribution in [3.8, 4) is 0 Å². The minimum absolute atomic E-state index is 0.455. The third-order valence-corrected chi connectivity index (χ3v) is 4.69. The van der Waals surface area contributed by atoms with Crippen LogP contribution in [0.15, 0.2) is 65.8 Å². The minimum Gasteiger partial charge on any atom is -0.444 e. The number of nitrogens with one attached hydrogen (secondary N) is 3. The average Bonchev–Trinajstić information content (AvgIpc) is 2.76. The molecule has 2 aromatic carbocycles. The van der Waals surface area contributed by atoms with E-state index in [1.54, 1.807) is 7.05 Å². The summed E-state index contributed by atoms with van der Waals surface area (Å²) in [6.45, 7) is 6.88. The van der Waals surface area contributed by atoms with Crippen molar-refractivity contribution >= 4 is 28.6 Å². The van der Waals surface area contributed by atoms with Gasteiger partial charge in [0.15, 0.2) is 5.96 Å². The molecule has 1 amide bonds. The molecule has 3 rings (SSSR count). The number of fused-ring (bicyclic) bond motifs is 1. The Morgan fingerprint density at radius 3 is 2.50 bits per heavy atom. The number of anilines is 1. The number of carbonyl (C=O) groups is 1. The molecular formula is C25H31N5O2. The molecule has 0 unspecified atom stereocenters. The lowest BCUT2D eigenvalue weighted by Gasteiger charge is -2.19. The maximum atomic E-state index is 11.9. The molecule has 0 saturated carbocycles. The first-order chi connectivity index (χ1) is 15.3. The lowest BCUT2D eigenvalue weighted by atomic mass is 10.1. The lowest BCUT2D eigenvalue weighted by Crippen LogP contribution is -2.37. The van der Waals surface area contributed by atoms with E-state index in [1.165, 1.54) is 0 Å². The van der Waals surface area contributed by atoms with Crippen LogP contribution < -0.4 is 16.0 Å². The van der Waals surface area contributed by atoms with Gasteiger partial charge in [0.1, 0.15) is 5.60 Å². The first-order valence-electron chi connectivity index (χ1n) is 10.7. The van der Waals surface area contributed by atoms with E-state index < -0.39 is 11.7 Å². The molecule has 0 bridgehead atoms. The van der Waals surface area contributed by atoms with Gasteiger partial charge >= 0.3 is 6.09 Å². The number of hydrogen-bond donors (Lipinski definition) is 3. The van der Waals surface area contributed by atoms with Gasteiger partial charge in [0.05, 0.1) is 5.52 Å². The van der Waals surface area contributed by atoms with Gasteiger partial charge in [-0.3, -0.25) is 15.3 Å². The summed E-state index contributed by atoms with van der Waals surface area (Å²) in [5.74, 6) is 0.737. The summed E-state index contributed by atoms with van der Waals surface area (Å²) in [6, 6.07) is 17.9. The lowest BCUT2D eigenvalue weighted by molar-refractivity contribution is 0.0636. The molecule has 0 aliphatic rings. The topological polar surface area (TPSA) is 87.6 Å². The van der Waals surface area contributed by atoms with E-state index in [4.69, 9.17) is 4.74 Å². The monoisotopic (exact) mass is 433 g/mol. The molecular weight excluding hydrogens is 402 g/mol. The number of aromatic nitrogens is 1. The Hall–Kier alpha value is -3.61. The van der Waals surface area contributed by atoms with Crippen molar-refractivity contribution in [2.24, 2.45) is 4.99 Å². The average molecular weight is 434 g/mol. The van der Waals surface area contributed by atoms with Gasteiger partial charge in [-0.25, -0.2) is 4.79 Å². The number of benzene rings is 2. The zero-order chi connectivity index (χ0) is 23.0. The first kappa shape index (κ1) is 23.1. The van der Waals surface area contributed by atoms with Crippen LogP contribution in [-0.2, 0) is 17.7 Å². The maximum absolute atomic E-state index is 11.9. The van der Waals surface area contributed by atoms with E-state index in [0.717, 1.165) is 41.0 Å². The molecule has 3 aromatic rings. The quantitative estimate of drug-likeness (QED) is 0.394. The Labute approximate surface area is 189 Å². The molecule has 0 atom stereocenters. The van der Waals surface area contributed by atoms with Crippen LogP contribution in [0.1, 0.15) is 31.9 Å². The van der Waals surface area contributed by atoms with Crippen LogP contribution in [0.5, 0.6) is 0 Å². The highest BCUT2D eigenvalue weighted by molar-refractivity contribution is 5.85. The van der Waals surface area contributed by atoms with Gasteiger partial charge in [-0.15, -0.1) is 0 Å².